The van der Waals surface area contributed by atoms with Crippen molar-refractivity contribution in [1.29, 1.82) is 0 Å². The Morgan fingerprint density at radius 1 is 1.09 bits per heavy atom. The van der Waals surface area contributed by atoms with Crippen molar-refractivity contribution in [3.8, 4) is 0 Å². The van der Waals surface area contributed by atoms with Gasteiger partial charge in [-0.05, 0) is 38.0 Å². The van der Waals surface area contributed by atoms with Crippen molar-refractivity contribution in [2.75, 3.05) is 18.4 Å². The van der Waals surface area contributed by atoms with Gasteiger partial charge in [-0.25, -0.2) is 0 Å². The zero-order valence-corrected chi connectivity index (χ0v) is 13.7. The van der Waals surface area contributed by atoms with Gasteiger partial charge in [0.2, 0.25) is 11.8 Å². The fourth-order valence-corrected chi connectivity index (χ4v) is 2.23. The van der Waals surface area contributed by atoms with E-state index in [2.05, 4.69) is 5.32 Å². The van der Waals surface area contributed by atoms with Crippen molar-refractivity contribution >= 4 is 23.5 Å². The van der Waals surface area contributed by atoms with Gasteiger partial charge in [0.15, 0.2) is 0 Å². The summed E-state index contributed by atoms with van der Waals surface area (Å²) in [6.45, 7) is 5.10. The highest BCUT2D eigenvalue weighted by Gasteiger charge is 2.12. The molecule has 0 bridgehead atoms. The van der Waals surface area contributed by atoms with Crippen molar-refractivity contribution in [3.63, 3.8) is 0 Å². The fourth-order valence-electron chi connectivity index (χ4n) is 2.23. The molecule has 0 aromatic heterocycles. The molecule has 1 rings (SSSR count). The number of hydrogen-bond donors (Lipinski definition) is 2. The third kappa shape index (κ3) is 6.95. The minimum Gasteiger partial charge on any atom is -0.481 e. The lowest BCUT2D eigenvalue weighted by Crippen LogP contribution is -2.31. The Morgan fingerprint density at radius 2 is 1.78 bits per heavy atom. The third-order valence-corrected chi connectivity index (χ3v) is 3.52. The number of hydrogen-bond acceptors (Lipinski definition) is 3. The zero-order chi connectivity index (χ0) is 17.2. The summed E-state index contributed by atoms with van der Waals surface area (Å²) in [5, 5.41) is 11.4. The van der Waals surface area contributed by atoms with E-state index in [1.165, 1.54) is 0 Å². The molecule has 0 spiro atoms. The van der Waals surface area contributed by atoms with Crippen LogP contribution in [-0.2, 0) is 20.8 Å². The number of amides is 2. The highest BCUT2D eigenvalue weighted by atomic mass is 16.4. The van der Waals surface area contributed by atoms with E-state index in [0.717, 1.165) is 5.56 Å². The predicted molar refractivity (Wildman–Crippen MR) is 88.2 cm³/mol. The van der Waals surface area contributed by atoms with Gasteiger partial charge in [0.05, 0.1) is 0 Å². The molecule has 0 aliphatic rings. The van der Waals surface area contributed by atoms with E-state index in [0.29, 0.717) is 25.2 Å². The van der Waals surface area contributed by atoms with Crippen LogP contribution in [0.5, 0.6) is 0 Å². The smallest absolute Gasteiger partial charge is 0.303 e. The van der Waals surface area contributed by atoms with Crippen LogP contribution in [0.1, 0.15) is 38.7 Å². The highest BCUT2D eigenvalue weighted by Crippen LogP contribution is 2.13. The summed E-state index contributed by atoms with van der Waals surface area (Å²) in [7, 11) is 0. The molecule has 1 aromatic carbocycles. The van der Waals surface area contributed by atoms with E-state index in [1.807, 2.05) is 19.9 Å². The van der Waals surface area contributed by atoms with E-state index in [4.69, 9.17) is 5.11 Å². The van der Waals surface area contributed by atoms with Gasteiger partial charge >= 0.3 is 5.97 Å². The Kier molecular flexibility index (Phi) is 7.80. The molecule has 2 amide bonds. The summed E-state index contributed by atoms with van der Waals surface area (Å²) >= 11 is 0. The van der Waals surface area contributed by atoms with Gasteiger partial charge in [-0.3, -0.25) is 14.4 Å². The topological polar surface area (TPSA) is 86.7 Å². The molecule has 0 atom stereocenters. The molecule has 0 heterocycles. The second-order valence-electron chi connectivity index (χ2n) is 5.21. The number of rotatable bonds is 9. The van der Waals surface area contributed by atoms with Gasteiger partial charge in [0.1, 0.15) is 0 Å². The molecule has 6 heteroatoms. The van der Waals surface area contributed by atoms with E-state index in [9.17, 15) is 14.4 Å². The lowest BCUT2D eigenvalue weighted by molar-refractivity contribution is -0.137. The number of anilines is 1. The minimum absolute atomic E-state index is 0.0274. The zero-order valence-electron chi connectivity index (χ0n) is 13.7. The average molecular weight is 320 g/mol. The van der Waals surface area contributed by atoms with Gasteiger partial charge in [-0.2, -0.15) is 0 Å². The molecule has 2 N–H and O–H groups in total. The Labute approximate surface area is 136 Å². The maximum Gasteiger partial charge on any atom is 0.303 e. The van der Waals surface area contributed by atoms with E-state index in [1.54, 1.807) is 23.1 Å². The van der Waals surface area contributed by atoms with Crippen LogP contribution < -0.4 is 5.32 Å². The van der Waals surface area contributed by atoms with Crippen LogP contribution >= 0.6 is 0 Å². The maximum atomic E-state index is 11.9. The van der Waals surface area contributed by atoms with Gasteiger partial charge in [0.25, 0.3) is 0 Å². The first-order chi connectivity index (χ1) is 11.0. The van der Waals surface area contributed by atoms with Crippen LogP contribution in [-0.4, -0.2) is 40.9 Å². The molecule has 0 radical (unpaired) electrons. The van der Waals surface area contributed by atoms with Crippen LogP contribution in [0.2, 0.25) is 0 Å². The van der Waals surface area contributed by atoms with Crippen LogP contribution in [0.3, 0.4) is 0 Å². The first-order valence-electron chi connectivity index (χ1n) is 7.84. The predicted octanol–water partition coefficient (Wildman–Crippen LogP) is 2.29. The lowest BCUT2D eigenvalue weighted by Gasteiger charge is -2.18. The van der Waals surface area contributed by atoms with Crippen LogP contribution in [0.25, 0.3) is 0 Å². The Hall–Kier alpha value is -2.37. The highest BCUT2D eigenvalue weighted by molar-refractivity contribution is 5.93. The normalized spacial score (nSPS) is 10.2. The van der Waals surface area contributed by atoms with Crippen LogP contribution in [0, 0.1) is 0 Å². The second-order valence-corrected chi connectivity index (χ2v) is 5.21. The number of nitrogens with one attached hydrogen (secondary N) is 1. The molecule has 23 heavy (non-hydrogen) atoms. The first-order valence-corrected chi connectivity index (χ1v) is 7.84. The molecule has 0 fully saturated rings. The fraction of sp³-hybridized carbons (Fsp3) is 0.471. The van der Waals surface area contributed by atoms with Crippen molar-refractivity contribution in [2.24, 2.45) is 0 Å². The van der Waals surface area contributed by atoms with Crippen molar-refractivity contribution in [2.45, 2.75) is 39.5 Å². The van der Waals surface area contributed by atoms with Gasteiger partial charge in [0, 0.05) is 38.0 Å². The second kappa shape index (κ2) is 9.61. The number of carbonyl (C=O) groups is 3. The molecule has 1 aromatic rings. The van der Waals surface area contributed by atoms with Crippen LogP contribution in [0.15, 0.2) is 24.3 Å². The first kappa shape index (κ1) is 18.7. The number of aliphatic carboxylic acids is 1. The van der Waals surface area contributed by atoms with E-state index >= 15 is 0 Å². The number of nitrogens with zero attached hydrogens (tertiary/aromatic N) is 1. The molecule has 0 unspecified atom stereocenters. The van der Waals surface area contributed by atoms with E-state index < -0.39 is 5.97 Å². The van der Waals surface area contributed by atoms with Crippen LogP contribution in [0.4, 0.5) is 5.69 Å². The largest absolute Gasteiger partial charge is 0.481 e. The summed E-state index contributed by atoms with van der Waals surface area (Å²) in [6.07, 6.45) is 0.788. The monoisotopic (exact) mass is 320 g/mol. The summed E-state index contributed by atoms with van der Waals surface area (Å²) in [6, 6.07) is 7.10. The molecule has 0 saturated carbocycles. The number of carbonyl (C=O) groups excluding carboxylic acids is 2. The number of aryl methyl sites for hydroxylation is 1. The number of carboxylic acid groups (broad SMARTS) is 1. The van der Waals surface area contributed by atoms with Gasteiger partial charge in [-0.15, -0.1) is 0 Å². The average Bonchev–Trinajstić information content (AvgIpc) is 2.52. The van der Waals surface area contributed by atoms with Crippen molar-refractivity contribution in [3.05, 3.63) is 29.8 Å². The number of benzene rings is 1. The van der Waals surface area contributed by atoms with Crippen molar-refractivity contribution in [1.82, 2.24) is 4.90 Å². The summed E-state index contributed by atoms with van der Waals surface area (Å²) in [5.41, 5.74) is 1.47. The molecule has 0 aliphatic heterocycles. The molecular weight excluding hydrogens is 296 g/mol. The third-order valence-electron chi connectivity index (χ3n) is 3.52. The molecular formula is C17H24N2O4. The summed E-state index contributed by atoms with van der Waals surface area (Å²) in [5.74, 6) is -1.10. The molecule has 126 valence electrons. The standard InChI is InChI=1S/C17H24N2O4/c1-3-19(4-2)16(21)10-9-15(20)18-14-7-5-6-13(12-14)8-11-17(22)23/h5-7,12H,3-4,8-11H2,1-2H3,(H,18,20)(H,22,23). The quantitative estimate of drug-likeness (QED) is 0.731. The summed E-state index contributed by atoms with van der Waals surface area (Å²) in [4.78, 5) is 36.1. The Morgan fingerprint density at radius 3 is 2.39 bits per heavy atom. The van der Waals surface area contributed by atoms with E-state index in [-0.39, 0.29) is 31.1 Å². The molecule has 6 nitrogen and oxygen atoms in total. The summed E-state index contributed by atoms with van der Waals surface area (Å²) < 4.78 is 0. The minimum atomic E-state index is -0.852. The lowest BCUT2D eigenvalue weighted by atomic mass is 10.1. The maximum absolute atomic E-state index is 11.9. The molecule has 0 aliphatic carbocycles. The Balaban J connectivity index is 2.49. The SMILES string of the molecule is CCN(CC)C(=O)CCC(=O)Nc1cccc(CCC(=O)O)c1. The van der Waals surface area contributed by atoms with Crippen molar-refractivity contribution < 1.29 is 19.5 Å². The van der Waals surface area contributed by atoms with Gasteiger partial charge in [-0.1, -0.05) is 12.1 Å². The Bertz CT molecular complexity index is 553. The molecule has 0 saturated heterocycles. The number of carboxylic acids is 1. The van der Waals surface area contributed by atoms with Gasteiger partial charge < -0.3 is 15.3 Å².